The minimum atomic E-state index is -2.97. The van der Waals surface area contributed by atoms with Crippen LogP contribution < -0.4 is 10.2 Å². The van der Waals surface area contributed by atoms with Gasteiger partial charge in [0.05, 0.1) is 11.5 Å². The SMILES string of the molecule is CN1CCCc2cc(C=CC(=O)NC3CCS(=O)(=O)C3)ccc21. The van der Waals surface area contributed by atoms with Crippen molar-refractivity contribution in [3.63, 3.8) is 0 Å². The molecule has 1 aromatic rings. The third kappa shape index (κ3) is 3.93. The van der Waals surface area contributed by atoms with Crippen LogP contribution >= 0.6 is 0 Å². The molecule has 6 heteroatoms. The molecular weight excluding hydrogens is 312 g/mol. The molecule has 3 rings (SSSR count). The first kappa shape index (κ1) is 16.1. The molecule has 1 unspecified atom stereocenters. The quantitative estimate of drug-likeness (QED) is 0.848. The number of amides is 1. The zero-order chi connectivity index (χ0) is 16.4. The van der Waals surface area contributed by atoms with Gasteiger partial charge in [0, 0.05) is 31.4 Å². The van der Waals surface area contributed by atoms with E-state index < -0.39 is 9.84 Å². The molecule has 0 aromatic heterocycles. The highest BCUT2D eigenvalue weighted by Crippen LogP contribution is 2.27. The van der Waals surface area contributed by atoms with Crippen LogP contribution in [0.3, 0.4) is 0 Å². The summed E-state index contributed by atoms with van der Waals surface area (Å²) in [7, 11) is -0.873. The molecule has 0 spiro atoms. The van der Waals surface area contributed by atoms with Gasteiger partial charge in [0.1, 0.15) is 0 Å². The summed E-state index contributed by atoms with van der Waals surface area (Å²) in [6.45, 7) is 1.08. The smallest absolute Gasteiger partial charge is 0.244 e. The summed E-state index contributed by atoms with van der Waals surface area (Å²) < 4.78 is 22.8. The van der Waals surface area contributed by atoms with Crippen LogP contribution in [-0.4, -0.2) is 45.5 Å². The van der Waals surface area contributed by atoms with Crippen molar-refractivity contribution in [3.8, 4) is 0 Å². The fourth-order valence-corrected chi connectivity index (χ4v) is 4.91. The van der Waals surface area contributed by atoms with E-state index in [1.807, 2.05) is 6.07 Å². The second-order valence-electron chi connectivity index (χ2n) is 6.36. The van der Waals surface area contributed by atoms with Crippen molar-refractivity contribution in [1.29, 1.82) is 0 Å². The number of carbonyl (C=O) groups excluding carboxylic acids is 1. The monoisotopic (exact) mass is 334 g/mol. The molecule has 1 amide bonds. The average molecular weight is 334 g/mol. The molecule has 1 N–H and O–H groups in total. The maximum atomic E-state index is 11.9. The van der Waals surface area contributed by atoms with Crippen molar-refractivity contribution >= 4 is 27.5 Å². The third-order valence-corrected chi connectivity index (χ3v) is 6.23. The molecule has 0 saturated carbocycles. The second kappa shape index (κ2) is 6.35. The van der Waals surface area contributed by atoms with Gasteiger partial charge < -0.3 is 10.2 Å². The van der Waals surface area contributed by atoms with Crippen LogP contribution in [0.15, 0.2) is 24.3 Å². The molecule has 2 aliphatic rings. The number of fused-ring (bicyclic) bond motifs is 1. The normalized spacial score (nSPS) is 23.0. The fourth-order valence-electron chi connectivity index (χ4n) is 3.24. The summed E-state index contributed by atoms with van der Waals surface area (Å²) in [5.74, 6) is -0.0143. The van der Waals surface area contributed by atoms with E-state index in [1.54, 1.807) is 6.08 Å². The zero-order valence-electron chi connectivity index (χ0n) is 13.3. The Labute approximate surface area is 137 Å². The van der Waals surface area contributed by atoms with Gasteiger partial charge in [0.25, 0.3) is 0 Å². The van der Waals surface area contributed by atoms with Crippen molar-refractivity contribution in [2.75, 3.05) is 30.0 Å². The van der Waals surface area contributed by atoms with Crippen LogP contribution in [0.1, 0.15) is 24.0 Å². The molecule has 1 saturated heterocycles. The van der Waals surface area contributed by atoms with Crippen LogP contribution in [0.2, 0.25) is 0 Å². The van der Waals surface area contributed by atoms with Gasteiger partial charge in [-0.15, -0.1) is 0 Å². The summed E-state index contributed by atoms with van der Waals surface area (Å²) in [5, 5.41) is 2.76. The van der Waals surface area contributed by atoms with Crippen molar-refractivity contribution in [2.24, 2.45) is 0 Å². The molecule has 0 bridgehead atoms. The Balaban J connectivity index is 1.62. The highest BCUT2D eigenvalue weighted by Gasteiger charge is 2.28. The number of nitrogens with one attached hydrogen (secondary N) is 1. The van der Waals surface area contributed by atoms with Crippen LogP contribution in [-0.2, 0) is 21.1 Å². The highest BCUT2D eigenvalue weighted by atomic mass is 32.2. The molecule has 1 aromatic carbocycles. The molecule has 2 heterocycles. The highest BCUT2D eigenvalue weighted by molar-refractivity contribution is 7.91. The Morgan fingerprint density at radius 2 is 2.22 bits per heavy atom. The number of carbonyl (C=O) groups is 1. The predicted molar refractivity (Wildman–Crippen MR) is 92.3 cm³/mol. The largest absolute Gasteiger partial charge is 0.374 e. The molecule has 1 atom stereocenters. The summed E-state index contributed by atoms with van der Waals surface area (Å²) >= 11 is 0. The van der Waals surface area contributed by atoms with Gasteiger partial charge in [0.15, 0.2) is 9.84 Å². The number of nitrogens with zero attached hydrogens (tertiary/aromatic N) is 1. The first-order valence-electron chi connectivity index (χ1n) is 7.96. The minimum absolute atomic E-state index is 0.0533. The third-order valence-electron chi connectivity index (χ3n) is 4.46. The van der Waals surface area contributed by atoms with E-state index in [9.17, 15) is 13.2 Å². The van der Waals surface area contributed by atoms with E-state index in [0.29, 0.717) is 6.42 Å². The summed E-state index contributed by atoms with van der Waals surface area (Å²) in [6, 6.07) is 5.96. The van der Waals surface area contributed by atoms with Crippen molar-refractivity contribution in [1.82, 2.24) is 5.32 Å². The van der Waals surface area contributed by atoms with Gasteiger partial charge in [-0.25, -0.2) is 8.42 Å². The van der Waals surface area contributed by atoms with Crippen molar-refractivity contribution < 1.29 is 13.2 Å². The number of hydrogen-bond acceptors (Lipinski definition) is 4. The van der Waals surface area contributed by atoms with E-state index in [2.05, 4.69) is 29.4 Å². The lowest BCUT2D eigenvalue weighted by molar-refractivity contribution is -0.116. The van der Waals surface area contributed by atoms with Crippen molar-refractivity contribution in [2.45, 2.75) is 25.3 Å². The van der Waals surface area contributed by atoms with Gasteiger partial charge in [-0.3, -0.25) is 4.79 Å². The number of sulfone groups is 1. The van der Waals surface area contributed by atoms with Gasteiger partial charge in [-0.1, -0.05) is 6.07 Å². The number of rotatable bonds is 3. The lowest BCUT2D eigenvalue weighted by atomic mass is 9.99. The maximum Gasteiger partial charge on any atom is 0.244 e. The van der Waals surface area contributed by atoms with Gasteiger partial charge in [0.2, 0.25) is 5.91 Å². The van der Waals surface area contributed by atoms with E-state index in [1.165, 1.54) is 17.3 Å². The Hall–Kier alpha value is -1.82. The molecule has 5 nitrogen and oxygen atoms in total. The Bertz CT molecular complexity index is 740. The second-order valence-corrected chi connectivity index (χ2v) is 8.58. The molecule has 124 valence electrons. The maximum absolute atomic E-state index is 11.9. The van der Waals surface area contributed by atoms with Gasteiger partial charge >= 0.3 is 0 Å². The van der Waals surface area contributed by atoms with Crippen LogP contribution in [0, 0.1) is 0 Å². The summed E-state index contributed by atoms with van der Waals surface area (Å²) in [6.07, 6.45) is 5.99. The minimum Gasteiger partial charge on any atom is -0.374 e. The molecule has 1 fully saturated rings. The number of benzene rings is 1. The standard InChI is InChI=1S/C17H22N2O3S/c1-19-9-2-3-14-11-13(4-6-16(14)19)5-7-17(20)18-15-8-10-23(21,22)12-15/h4-7,11,15H,2-3,8-10,12H2,1H3,(H,18,20). The van der Waals surface area contributed by atoms with E-state index in [0.717, 1.165) is 24.9 Å². The molecular formula is C17H22N2O3S. The molecule has 0 aliphatic carbocycles. The van der Waals surface area contributed by atoms with E-state index in [4.69, 9.17) is 0 Å². The van der Waals surface area contributed by atoms with Crippen LogP contribution in [0.4, 0.5) is 5.69 Å². The lowest BCUT2D eigenvalue weighted by Crippen LogP contribution is -2.34. The number of aryl methyl sites for hydroxylation is 1. The molecule has 2 aliphatic heterocycles. The first-order chi connectivity index (χ1) is 10.9. The average Bonchev–Trinajstić information content (AvgIpc) is 2.84. The van der Waals surface area contributed by atoms with Crippen molar-refractivity contribution in [3.05, 3.63) is 35.4 Å². The summed E-state index contributed by atoms with van der Waals surface area (Å²) in [5.41, 5.74) is 3.56. The topological polar surface area (TPSA) is 66.5 Å². The van der Waals surface area contributed by atoms with Crippen LogP contribution in [0.5, 0.6) is 0 Å². The number of hydrogen-bond donors (Lipinski definition) is 1. The predicted octanol–water partition coefficient (Wildman–Crippen LogP) is 1.39. The Kier molecular flexibility index (Phi) is 4.43. The van der Waals surface area contributed by atoms with E-state index >= 15 is 0 Å². The molecule has 0 radical (unpaired) electrons. The number of anilines is 1. The zero-order valence-corrected chi connectivity index (χ0v) is 14.1. The Morgan fingerprint density at radius 3 is 2.96 bits per heavy atom. The Morgan fingerprint density at radius 1 is 1.39 bits per heavy atom. The fraction of sp³-hybridized carbons (Fsp3) is 0.471. The summed E-state index contributed by atoms with van der Waals surface area (Å²) in [4.78, 5) is 14.2. The van der Waals surface area contributed by atoms with Crippen LogP contribution in [0.25, 0.3) is 6.08 Å². The molecule has 23 heavy (non-hydrogen) atoms. The van der Waals surface area contributed by atoms with E-state index in [-0.39, 0.29) is 23.5 Å². The van der Waals surface area contributed by atoms with Gasteiger partial charge in [-0.05, 0) is 48.6 Å². The lowest BCUT2D eigenvalue weighted by Gasteiger charge is -2.27. The first-order valence-corrected chi connectivity index (χ1v) is 9.78. The van der Waals surface area contributed by atoms with Gasteiger partial charge in [-0.2, -0.15) is 0 Å².